The van der Waals surface area contributed by atoms with E-state index in [-0.39, 0.29) is 19.6 Å². The molecule has 1 aliphatic heterocycles. The number of hydrogen-bond donors (Lipinski definition) is 1. The number of ether oxygens (including phenoxy) is 1. The van der Waals surface area contributed by atoms with Gasteiger partial charge in [-0.3, -0.25) is 18.4 Å². The minimum Gasteiger partial charge on any atom is -0.449 e. The van der Waals surface area contributed by atoms with Crippen LogP contribution in [0.25, 0.3) is 11.6 Å². The Kier molecular flexibility index (Phi) is 7.12. The maximum atomic E-state index is 13.1. The van der Waals surface area contributed by atoms with Gasteiger partial charge in [0, 0.05) is 37.6 Å². The molecule has 2 amide bonds. The van der Waals surface area contributed by atoms with Crippen molar-refractivity contribution in [2.75, 3.05) is 32.3 Å². The smallest absolute Gasteiger partial charge is 0.449 e. The molecule has 2 heterocycles. The molecular formula is C21H25N2O7P. The van der Waals surface area contributed by atoms with Gasteiger partial charge in [0.2, 0.25) is 0 Å². The van der Waals surface area contributed by atoms with Gasteiger partial charge in [-0.25, -0.2) is 14.3 Å². The van der Waals surface area contributed by atoms with Crippen molar-refractivity contribution in [3.05, 3.63) is 52.8 Å². The Morgan fingerprint density at radius 3 is 2.52 bits per heavy atom. The third kappa shape index (κ3) is 4.97. The number of rotatable bonds is 8. The number of para-hydroxylation sites is 1. The Morgan fingerprint density at radius 2 is 1.87 bits per heavy atom. The molecule has 1 N–H and O–H groups in total. The first kappa shape index (κ1) is 23.0. The third-order valence-corrected chi connectivity index (χ3v) is 6.13. The summed E-state index contributed by atoms with van der Waals surface area (Å²) in [5.74, 6) is -0.461. The number of anilines is 1. The van der Waals surface area contributed by atoms with E-state index in [1.54, 1.807) is 24.3 Å². The molecule has 166 valence electrons. The topological polar surface area (TPSA) is 107 Å². The predicted octanol–water partition coefficient (Wildman–Crippen LogP) is 4.46. The molecule has 0 aliphatic carbocycles. The van der Waals surface area contributed by atoms with Crippen LogP contribution in [0.4, 0.5) is 10.5 Å². The Bertz CT molecular complexity index is 1050. The molecule has 0 atom stereocenters. The van der Waals surface area contributed by atoms with Crippen LogP contribution in [-0.2, 0) is 27.7 Å². The number of imide groups is 1. The summed E-state index contributed by atoms with van der Waals surface area (Å²) in [6.45, 7) is 3.84. The van der Waals surface area contributed by atoms with E-state index in [4.69, 9.17) is 9.26 Å². The lowest BCUT2D eigenvalue weighted by molar-refractivity contribution is -0.112. The Morgan fingerprint density at radius 1 is 1.16 bits per heavy atom. The molecule has 1 aromatic carbocycles. The van der Waals surface area contributed by atoms with Crippen LogP contribution in [0.5, 0.6) is 0 Å². The second-order valence-electron chi connectivity index (χ2n) is 6.88. The number of aromatic amines is 1. The van der Waals surface area contributed by atoms with Gasteiger partial charge in [0.25, 0.3) is 5.91 Å². The first-order valence-electron chi connectivity index (χ1n) is 9.64. The molecular weight excluding hydrogens is 423 g/mol. The van der Waals surface area contributed by atoms with E-state index in [0.717, 1.165) is 21.9 Å². The summed E-state index contributed by atoms with van der Waals surface area (Å²) in [4.78, 5) is 30.0. The molecule has 10 heteroatoms. The molecule has 2 aromatic rings. The lowest BCUT2D eigenvalue weighted by Gasteiger charge is -2.16. The zero-order valence-electron chi connectivity index (χ0n) is 17.8. The van der Waals surface area contributed by atoms with E-state index in [1.165, 1.54) is 14.2 Å². The second-order valence-corrected chi connectivity index (χ2v) is 8.76. The number of phosphoric ester groups is 1. The zero-order valence-corrected chi connectivity index (χ0v) is 18.7. The number of amides is 2. The van der Waals surface area contributed by atoms with E-state index < -0.39 is 19.8 Å². The van der Waals surface area contributed by atoms with Gasteiger partial charge in [-0.2, -0.15) is 0 Å². The SMILES string of the molecule is COP(=O)(OC)OCCCOC(=O)N1C(=O)C(=Cc2[nH]c(C)cc2C)c2ccccc21. The fourth-order valence-electron chi connectivity index (χ4n) is 3.25. The highest BCUT2D eigenvalue weighted by molar-refractivity contribution is 7.48. The highest BCUT2D eigenvalue weighted by Crippen LogP contribution is 2.47. The monoisotopic (exact) mass is 448 g/mol. The van der Waals surface area contributed by atoms with E-state index in [1.807, 2.05) is 26.0 Å². The van der Waals surface area contributed by atoms with Crippen molar-refractivity contribution in [1.82, 2.24) is 4.98 Å². The summed E-state index contributed by atoms with van der Waals surface area (Å²) in [6.07, 6.45) is 1.20. The van der Waals surface area contributed by atoms with Gasteiger partial charge in [-0.05, 0) is 37.6 Å². The normalized spacial score (nSPS) is 14.9. The number of carbonyl (C=O) groups is 2. The number of nitrogens with zero attached hydrogens (tertiary/aromatic N) is 1. The number of H-pyrrole nitrogens is 1. The van der Waals surface area contributed by atoms with Crippen LogP contribution in [0, 0.1) is 13.8 Å². The Hall–Kier alpha value is -2.71. The number of fused-ring (bicyclic) bond motifs is 1. The molecule has 1 aliphatic rings. The van der Waals surface area contributed by atoms with Crippen molar-refractivity contribution in [3.8, 4) is 0 Å². The van der Waals surface area contributed by atoms with Crippen molar-refractivity contribution in [2.24, 2.45) is 0 Å². The molecule has 0 fully saturated rings. The van der Waals surface area contributed by atoms with Crippen LogP contribution in [0.15, 0.2) is 30.3 Å². The maximum Gasteiger partial charge on any atom is 0.474 e. The van der Waals surface area contributed by atoms with E-state index in [2.05, 4.69) is 14.0 Å². The van der Waals surface area contributed by atoms with Crippen LogP contribution in [0.1, 0.15) is 28.9 Å². The van der Waals surface area contributed by atoms with E-state index in [9.17, 15) is 14.2 Å². The molecule has 0 saturated heterocycles. The average molecular weight is 448 g/mol. The van der Waals surface area contributed by atoms with Crippen molar-refractivity contribution >= 4 is 37.2 Å². The number of carbonyl (C=O) groups excluding carboxylic acids is 2. The van der Waals surface area contributed by atoms with Crippen molar-refractivity contribution in [2.45, 2.75) is 20.3 Å². The number of hydrogen-bond acceptors (Lipinski definition) is 7. The van der Waals surface area contributed by atoms with Crippen LogP contribution < -0.4 is 4.90 Å². The molecule has 0 spiro atoms. The number of aryl methyl sites for hydroxylation is 2. The largest absolute Gasteiger partial charge is 0.474 e. The molecule has 0 unspecified atom stereocenters. The van der Waals surface area contributed by atoms with Crippen molar-refractivity contribution < 1.29 is 32.5 Å². The summed E-state index contributed by atoms with van der Waals surface area (Å²) in [6, 6.07) is 9.03. The molecule has 3 rings (SSSR count). The minimum atomic E-state index is -3.58. The summed E-state index contributed by atoms with van der Waals surface area (Å²) < 4.78 is 31.4. The summed E-state index contributed by atoms with van der Waals surface area (Å²) in [5.41, 5.74) is 4.31. The predicted molar refractivity (Wildman–Crippen MR) is 116 cm³/mol. The van der Waals surface area contributed by atoms with Gasteiger partial charge >= 0.3 is 13.9 Å². The van der Waals surface area contributed by atoms with Crippen LogP contribution in [0.3, 0.4) is 0 Å². The van der Waals surface area contributed by atoms with Gasteiger partial charge < -0.3 is 9.72 Å². The molecule has 9 nitrogen and oxygen atoms in total. The van der Waals surface area contributed by atoms with Gasteiger partial charge in [0.15, 0.2) is 0 Å². The molecule has 0 bridgehead atoms. The summed E-state index contributed by atoms with van der Waals surface area (Å²) >= 11 is 0. The molecule has 31 heavy (non-hydrogen) atoms. The minimum absolute atomic E-state index is 0.00657. The third-order valence-electron chi connectivity index (χ3n) is 4.74. The Balaban J connectivity index is 1.70. The number of aromatic nitrogens is 1. The fourth-order valence-corrected chi connectivity index (χ4v) is 3.96. The number of benzene rings is 1. The Labute approximate surface area is 180 Å². The lowest BCUT2D eigenvalue weighted by Crippen LogP contribution is -2.34. The van der Waals surface area contributed by atoms with Gasteiger partial charge in [0.1, 0.15) is 0 Å². The fraction of sp³-hybridized carbons (Fsp3) is 0.333. The standard InChI is InChI=1S/C21H25N2O7P/c1-14-12-15(2)22-18(14)13-17-16-8-5-6-9-19(16)23(20(17)24)21(25)29-10-7-11-30-31(26,27-3)28-4/h5-6,8-9,12-13,22H,7,10-11H2,1-4H3. The number of nitrogens with one attached hydrogen (secondary N) is 1. The first-order chi connectivity index (χ1) is 14.8. The van der Waals surface area contributed by atoms with Crippen LogP contribution >= 0.6 is 7.82 Å². The molecule has 1 aromatic heterocycles. The van der Waals surface area contributed by atoms with Crippen molar-refractivity contribution in [3.63, 3.8) is 0 Å². The van der Waals surface area contributed by atoms with Gasteiger partial charge in [0.05, 0.1) is 24.5 Å². The van der Waals surface area contributed by atoms with Crippen LogP contribution in [-0.4, -0.2) is 44.4 Å². The zero-order chi connectivity index (χ0) is 22.6. The van der Waals surface area contributed by atoms with Gasteiger partial charge in [-0.15, -0.1) is 0 Å². The molecule has 0 saturated carbocycles. The quantitative estimate of drug-likeness (QED) is 0.361. The van der Waals surface area contributed by atoms with E-state index in [0.29, 0.717) is 16.8 Å². The first-order valence-corrected chi connectivity index (χ1v) is 11.1. The highest BCUT2D eigenvalue weighted by atomic mass is 31.2. The summed E-state index contributed by atoms with van der Waals surface area (Å²) in [7, 11) is -1.16. The van der Waals surface area contributed by atoms with Crippen molar-refractivity contribution in [1.29, 1.82) is 0 Å². The van der Waals surface area contributed by atoms with E-state index >= 15 is 0 Å². The second kappa shape index (κ2) is 9.62. The lowest BCUT2D eigenvalue weighted by atomic mass is 10.1. The number of phosphoric acid groups is 1. The molecule has 0 radical (unpaired) electrons. The highest BCUT2D eigenvalue weighted by Gasteiger charge is 2.37. The average Bonchev–Trinajstić information content (AvgIpc) is 3.22. The van der Waals surface area contributed by atoms with Crippen LogP contribution in [0.2, 0.25) is 0 Å². The maximum absolute atomic E-state index is 13.1. The summed E-state index contributed by atoms with van der Waals surface area (Å²) in [5, 5.41) is 0. The van der Waals surface area contributed by atoms with Gasteiger partial charge in [-0.1, -0.05) is 18.2 Å².